The van der Waals surface area contributed by atoms with E-state index >= 15 is 0 Å². The molecule has 2 unspecified atom stereocenters. The van der Waals surface area contributed by atoms with E-state index in [1.54, 1.807) is 6.08 Å². The quantitative estimate of drug-likeness (QED) is 0.0420. The lowest BCUT2D eigenvalue weighted by atomic mass is 10.0. The Balaban J connectivity index is 3.68. The lowest BCUT2D eigenvalue weighted by Crippen LogP contribution is -2.45. The van der Waals surface area contributed by atoms with Crippen LogP contribution in [-0.2, 0) is 4.79 Å². The Morgan fingerprint density at radius 2 is 0.523 bits per heavy atom. The number of unbranched alkanes of at least 4 members (excludes halogenated alkanes) is 29. The van der Waals surface area contributed by atoms with E-state index in [0.29, 0.717) is 6.42 Å². The van der Waals surface area contributed by atoms with Gasteiger partial charge in [0.25, 0.3) is 0 Å². The Kier molecular flexibility index (Phi) is 70.8. The molecule has 0 saturated heterocycles. The van der Waals surface area contributed by atoms with Gasteiger partial charge in [0.15, 0.2) is 0 Å². The van der Waals surface area contributed by atoms with Gasteiger partial charge in [0, 0.05) is 6.42 Å². The zero-order valence-electron chi connectivity index (χ0n) is 56.0. The molecule has 0 aromatic carbocycles. The molecular weight excluding hydrogens is 1050 g/mol. The first-order valence-electron chi connectivity index (χ1n) is 36.0. The number of amides is 1. The standard InChI is InChI=1S/C82H135NO3/c1-3-5-7-9-11-13-15-17-19-21-23-25-27-29-31-33-35-37-38-39-40-41-42-43-44-46-48-50-52-54-56-58-60-62-64-66-68-70-72-74-76-78-82(86)83-80(79-84)81(85)77-75-73-71-69-67-65-63-61-59-57-55-53-51-49-47-45-36-34-32-30-28-26-24-22-20-18-16-14-12-10-8-6-4-2/h5,7,11,13,17,19,23,25,29,31,35,37,39-40,42-43,46,48,52,54,58-61,64,66-67,69,75,77,80-81,84-85H,3-4,6,8-10,12,14-16,18,20-22,24,26-28,30,32-34,36,38,41,44-45,47,49-51,53,55-57,62-63,65,68,70-74,76,78-79H2,1-2H3,(H,83,86)/b7-5-,13-11-,19-17-,25-23-,31-29-,37-35-,40-39-,43-42-,48-46-,54-52-,60-58-,61-59+,66-64-,69-67+,77-75+. The lowest BCUT2D eigenvalue weighted by molar-refractivity contribution is -0.123. The molecule has 486 valence electrons. The number of allylic oxidation sites excluding steroid dienone is 29. The SMILES string of the molecule is CC/C=C\C/C=C\C/C=C\C/C=C\C/C=C\C/C=C\C/C=C\C/C=C\C/C=C\C/C=C\C/C=C\C/C=C\CCCCCCC(=O)NC(CO)C(O)/C=C/CC/C=C/CC/C=C/CCCCCCCCCCCCCCCCCCCCCCCCC. The maximum absolute atomic E-state index is 12.5. The van der Waals surface area contributed by atoms with Crippen LogP contribution in [0.5, 0.6) is 0 Å². The minimum absolute atomic E-state index is 0.108. The van der Waals surface area contributed by atoms with Crippen LogP contribution in [0.2, 0.25) is 0 Å². The molecule has 2 atom stereocenters. The second-order valence-electron chi connectivity index (χ2n) is 23.6. The highest BCUT2D eigenvalue weighted by Gasteiger charge is 2.18. The average Bonchev–Trinajstić information content (AvgIpc) is 3.59. The van der Waals surface area contributed by atoms with Crippen LogP contribution in [0.25, 0.3) is 0 Å². The molecule has 0 aromatic heterocycles. The first-order chi connectivity index (χ1) is 42.7. The third-order valence-corrected chi connectivity index (χ3v) is 15.4. The highest BCUT2D eigenvalue weighted by atomic mass is 16.3. The number of hydrogen-bond donors (Lipinski definition) is 3. The number of rotatable bonds is 64. The van der Waals surface area contributed by atoms with Gasteiger partial charge in [-0.25, -0.2) is 0 Å². The van der Waals surface area contributed by atoms with E-state index in [9.17, 15) is 15.0 Å². The Bertz CT molecular complexity index is 1870. The minimum atomic E-state index is -0.897. The van der Waals surface area contributed by atoms with Crippen LogP contribution in [0.3, 0.4) is 0 Å². The summed E-state index contributed by atoms with van der Waals surface area (Å²) in [5.41, 5.74) is 0. The molecule has 0 spiro atoms. The lowest BCUT2D eigenvalue weighted by Gasteiger charge is -2.19. The number of nitrogens with one attached hydrogen (secondary N) is 1. The molecule has 0 aliphatic carbocycles. The van der Waals surface area contributed by atoms with Gasteiger partial charge in [-0.15, -0.1) is 0 Å². The first kappa shape index (κ1) is 81.5. The summed E-state index contributed by atoms with van der Waals surface area (Å²) in [7, 11) is 0. The average molecular weight is 1180 g/mol. The van der Waals surface area contributed by atoms with Crippen molar-refractivity contribution < 1.29 is 15.0 Å². The van der Waals surface area contributed by atoms with E-state index in [1.807, 2.05) is 6.08 Å². The van der Waals surface area contributed by atoms with Crippen LogP contribution >= 0.6 is 0 Å². The smallest absolute Gasteiger partial charge is 0.220 e. The molecule has 3 N–H and O–H groups in total. The summed E-state index contributed by atoms with van der Waals surface area (Å²) in [6, 6.07) is -0.676. The molecule has 4 heteroatoms. The summed E-state index contributed by atoms with van der Waals surface area (Å²) in [5.74, 6) is -0.108. The third-order valence-electron chi connectivity index (χ3n) is 15.4. The maximum Gasteiger partial charge on any atom is 0.220 e. The van der Waals surface area contributed by atoms with E-state index in [2.05, 4.69) is 189 Å². The summed E-state index contributed by atoms with van der Waals surface area (Å²) >= 11 is 0. The predicted molar refractivity (Wildman–Crippen MR) is 386 cm³/mol. The Labute approximate surface area is 533 Å². The van der Waals surface area contributed by atoms with E-state index in [1.165, 1.54) is 154 Å². The Morgan fingerprint density at radius 1 is 0.291 bits per heavy atom. The summed E-state index contributed by atoms with van der Waals surface area (Å²) < 4.78 is 0. The van der Waals surface area contributed by atoms with Gasteiger partial charge in [0.1, 0.15) is 0 Å². The van der Waals surface area contributed by atoms with Crippen molar-refractivity contribution in [3.05, 3.63) is 182 Å². The highest BCUT2D eigenvalue weighted by molar-refractivity contribution is 5.76. The van der Waals surface area contributed by atoms with Crippen LogP contribution in [0.1, 0.15) is 309 Å². The van der Waals surface area contributed by atoms with Gasteiger partial charge in [-0.1, -0.05) is 350 Å². The molecule has 0 saturated carbocycles. The van der Waals surface area contributed by atoms with E-state index in [-0.39, 0.29) is 12.5 Å². The van der Waals surface area contributed by atoms with Gasteiger partial charge in [0.2, 0.25) is 5.91 Å². The third kappa shape index (κ3) is 70.3. The van der Waals surface area contributed by atoms with E-state index < -0.39 is 12.1 Å². The van der Waals surface area contributed by atoms with Gasteiger partial charge in [-0.05, 0) is 135 Å². The van der Waals surface area contributed by atoms with Crippen molar-refractivity contribution in [3.8, 4) is 0 Å². The summed E-state index contributed by atoms with van der Waals surface area (Å²) in [6.45, 7) is 4.18. The van der Waals surface area contributed by atoms with Crippen molar-refractivity contribution in [2.75, 3.05) is 6.61 Å². The summed E-state index contributed by atoms with van der Waals surface area (Å²) in [5, 5.41) is 23.2. The second-order valence-corrected chi connectivity index (χ2v) is 23.6. The summed E-state index contributed by atoms with van der Waals surface area (Å²) in [4.78, 5) is 12.5. The predicted octanol–water partition coefficient (Wildman–Crippen LogP) is 25.2. The minimum Gasteiger partial charge on any atom is -0.394 e. The molecule has 4 nitrogen and oxygen atoms in total. The Hall–Kier alpha value is -4.51. The van der Waals surface area contributed by atoms with Crippen LogP contribution < -0.4 is 5.32 Å². The van der Waals surface area contributed by atoms with Gasteiger partial charge >= 0.3 is 0 Å². The second kappa shape index (κ2) is 74.7. The van der Waals surface area contributed by atoms with Gasteiger partial charge in [0.05, 0.1) is 18.8 Å². The molecule has 0 fully saturated rings. The summed E-state index contributed by atoms with van der Waals surface area (Å²) in [6.07, 6.45) is 121. The zero-order chi connectivity index (χ0) is 61.9. The largest absolute Gasteiger partial charge is 0.394 e. The van der Waals surface area contributed by atoms with Gasteiger partial charge in [-0.3, -0.25) is 4.79 Å². The highest BCUT2D eigenvalue weighted by Crippen LogP contribution is 2.17. The fraction of sp³-hybridized carbons (Fsp3) is 0.622. The van der Waals surface area contributed by atoms with Crippen molar-refractivity contribution in [2.24, 2.45) is 0 Å². The number of hydrogen-bond acceptors (Lipinski definition) is 3. The molecule has 0 aliphatic rings. The van der Waals surface area contributed by atoms with E-state index in [4.69, 9.17) is 0 Å². The first-order valence-corrected chi connectivity index (χ1v) is 36.0. The fourth-order valence-corrected chi connectivity index (χ4v) is 9.96. The molecule has 86 heavy (non-hydrogen) atoms. The van der Waals surface area contributed by atoms with Crippen LogP contribution in [0, 0.1) is 0 Å². The van der Waals surface area contributed by atoms with Gasteiger partial charge in [-0.2, -0.15) is 0 Å². The topological polar surface area (TPSA) is 69.6 Å². The Morgan fingerprint density at radius 3 is 0.814 bits per heavy atom. The molecule has 0 aliphatic heterocycles. The number of carbonyl (C=O) groups excluding carboxylic acids is 1. The fourth-order valence-electron chi connectivity index (χ4n) is 9.96. The number of carbonyl (C=O) groups is 1. The molecule has 0 bridgehead atoms. The van der Waals surface area contributed by atoms with E-state index in [0.717, 1.165) is 135 Å². The van der Waals surface area contributed by atoms with Crippen LogP contribution in [0.4, 0.5) is 0 Å². The van der Waals surface area contributed by atoms with Gasteiger partial charge < -0.3 is 15.5 Å². The molecular formula is C82H135NO3. The van der Waals surface area contributed by atoms with Crippen LogP contribution in [0.15, 0.2) is 182 Å². The zero-order valence-corrected chi connectivity index (χ0v) is 56.0. The normalized spacial score (nSPS) is 13.9. The van der Waals surface area contributed by atoms with Crippen molar-refractivity contribution in [1.29, 1.82) is 0 Å². The molecule has 0 rings (SSSR count). The molecule has 0 aromatic rings. The number of aliphatic hydroxyl groups excluding tert-OH is 2. The number of aliphatic hydroxyl groups is 2. The van der Waals surface area contributed by atoms with Crippen LogP contribution in [-0.4, -0.2) is 34.9 Å². The molecule has 1 amide bonds. The monoisotopic (exact) mass is 1180 g/mol. The van der Waals surface area contributed by atoms with Crippen molar-refractivity contribution in [1.82, 2.24) is 5.32 Å². The van der Waals surface area contributed by atoms with Crippen molar-refractivity contribution in [2.45, 2.75) is 321 Å². The maximum atomic E-state index is 12.5. The van der Waals surface area contributed by atoms with Crippen molar-refractivity contribution in [3.63, 3.8) is 0 Å². The molecule has 0 heterocycles. The van der Waals surface area contributed by atoms with Crippen molar-refractivity contribution >= 4 is 5.91 Å². The molecule has 0 radical (unpaired) electrons.